The van der Waals surface area contributed by atoms with Gasteiger partial charge in [0.05, 0.1) is 19.8 Å². The Morgan fingerprint density at radius 2 is 1.88 bits per heavy atom. The number of morpholine rings is 1. The van der Waals surface area contributed by atoms with Crippen LogP contribution in [0.1, 0.15) is 13.8 Å². The molecule has 1 amide bonds. The van der Waals surface area contributed by atoms with Crippen molar-refractivity contribution in [3.05, 3.63) is 0 Å². The van der Waals surface area contributed by atoms with Gasteiger partial charge in [0.25, 0.3) is 0 Å². The molecular formula is C12H23N3O2. The van der Waals surface area contributed by atoms with E-state index in [0.29, 0.717) is 6.54 Å². The SMILES string of the molecule is CC1(C)CN(CCN2CCOCC2)CC(=O)N1. The van der Waals surface area contributed by atoms with Gasteiger partial charge >= 0.3 is 0 Å². The molecule has 0 saturated carbocycles. The van der Waals surface area contributed by atoms with Crippen LogP contribution in [0.2, 0.25) is 0 Å². The van der Waals surface area contributed by atoms with Gasteiger partial charge in [-0.2, -0.15) is 0 Å². The average Bonchev–Trinajstić information content (AvgIpc) is 2.25. The Bertz CT molecular complexity index is 275. The maximum atomic E-state index is 11.6. The van der Waals surface area contributed by atoms with Crippen molar-refractivity contribution < 1.29 is 9.53 Å². The first-order valence-electron chi connectivity index (χ1n) is 6.39. The fourth-order valence-electron chi connectivity index (χ4n) is 2.54. The normalized spacial score (nSPS) is 26.8. The Morgan fingerprint density at radius 3 is 2.53 bits per heavy atom. The fourth-order valence-corrected chi connectivity index (χ4v) is 2.54. The quantitative estimate of drug-likeness (QED) is 0.725. The molecule has 5 heteroatoms. The molecule has 98 valence electrons. The van der Waals surface area contributed by atoms with E-state index < -0.39 is 0 Å². The highest BCUT2D eigenvalue weighted by atomic mass is 16.5. The zero-order chi connectivity index (χ0) is 12.3. The second-order valence-corrected chi connectivity index (χ2v) is 5.60. The number of hydrogen-bond donors (Lipinski definition) is 1. The van der Waals surface area contributed by atoms with E-state index >= 15 is 0 Å². The van der Waals surface area contributed by atoms with Crippen LogP contribution in [0.4, 0.5) is 0 Å². The van der Waals surface area contributed by atoms with Crippen molar-refractivity contribution in [2.24, 2.45) is 0 Å². The van der Waals surface area contributed by atoms with Gasteiger partial charge in [0.1, 0.15) is 0 Å². The van der Waals surface area contributed by atoms with Crippen molar-refractivity contribution in [1.82, 2.24) is 15.1 Å². The molecule has 2 aliphatic rings. The monoisotopic (exact) mass is 241 g/mol. The second-order valence-electron chi connectivity index (χ2n) is 5.60. The third-order valence-electron chi connectivity index (χ3n) is 3.30. The fraction of sp³-hybridized carbons (Fsp3) is 0.917. The summed E-state index contributed by atoms with van der Waals surface area (Å²) in [6, 6.07) is 0. The highest BCUT2D eigenvalue weighted by Gasteiger charge is 2.30. The minimum Gasteiger partial charge on any atom is -0.379 e. The minimum absolute atomic E-state index is 0.0969. The second kappa shape index (κ2) is 5.33. The molecule has 2 rings (SSSR count). The van der Waals surface area contributed by atoms with Crippen LogP contribution in [0.5, 0.6) is 0 Å². The number of piperazine rings is 1. The number of carbonyl (C=O) groups excluding carboxylic acids is 1. The maximum Gasteiger partial charge on any atom is 0.234 e. The first-order chi connectivity index (χ1) is 8.05. The standard InChI is InChI=1S/C12H23N3O2/c1-12(2)10-15(9-11(16)13-12)4-3-14-5-7-17-8-6-14/h3-10H2,1-2H3,(H,13,16). The lowest BCUT2D eigenvalue weighted by Gasteiger charge is -2.39. The van der Waals surface area contributed by atoms with Gasteiger partial charge in [-0.25, -0.2) is 0 Å². The molecule has 2 fully saturated rings. The van der Waals surface area contributed by atoms with Crippen LogP contribution in [-0.2, 0) is 9.53 Å². The van der Waals surface area contributed by atoms with Crippen molar-refractivity contribution in [2.45, 2.75) is 19.4 Å². The molecule has 0 spiro atoms. The van der Waals surface area contributed by atoms with Crippen molar-refractivity contribution in [1.29, 1.82) is 0 Å². The number of hydrogen-bond acceptors (Lipinski definition) is 4. The predicted octanol–water partition coefficient (Wildman–Crippen LogP) is -0.471. The van der Waals surface area contributed by atoms with E-state index in [1.807, 2.05) is 0 Å². The van der Waals surface area contributed by atoms with Crippen molar-refractivity contribution in [2.75, 3.05) is 52.5 Å². The smallest absolute Gasteiger partial charge is 0.234 e. The molecule has 0 unspecified atom stereocenters. The lowest BCUT2D eigenvalue weighted by molar-refractivity contribution is -0.127. The molecule has 0 aromatic rings. The highest BCUT2D eigenvalue weighted by Crippen LogP contribution is 2.10. The Morgan fingerprint density at radius 1 is 1.24 bits per heavy atom. The maximum absolute atomic E-state index is 11.6. The Labute approximate surface area is 103 Å². The van der Waals surface area contributed by atoms with E-state index in [-0.39, 0.29) is 11.4 Å². The molecule has 1 N–H and O–H groups in total. The van der Waals surface area contributed by atoms with E-state index in [1.165, 1.54) is 0 Å². The Balaban J connectivity index is 1.76. The summed E-state index contributed by atoms with van der Waals surface area (Å²) >= 11 is 0. The first-order valence-corrected chi connectivity index (χ1v) is 6.39. The highest BCUT2D eigenvalue weighted by molar-refractivity contribution is 5.79. The Hall–Kier alpha value is -0.650. The topological polar surface area (TPSA) is 44.8 Å². The number of carbonyl (C=O) groups is 1. The summed E-state index contributed by atoms with van der Waals surface area (Å²) in [7, 11) is 0. The van der Waals surface area contributed by atoms with Gasteiger partial charge in [-0.3, -0.25) is 14.6 Å². The van der Waals surface area contributed by atoms with Gasteiger partial charge in [0.15, 0.2) is 0 Å². The van der Waals surface area contributed by atoms with Crippen LogP contribution >= 0.6 is 0 Å². The summed E-state index contributed by atoms with van der Waals surface area (Å²) in [5, 5.41) is 3.01. The summed E-state index contributed by atoms with van der Waals surface area (Å²) in [4.78, 5) is 16.2. The lowest BCUT2D eigenvalue weighted by atomic mass is 10.0. The molecular weight excluding hydrogens is 218 g/mol. The van der Waals surface area contributed by atoms with Gasteiger partial charge in [0.2, 0.25) is 5.91 Å². The molecule has 0 atom stereocenters. The number of nitrogens with zero attached hydrogens (tertiary/aromatic N) is 2. The summed E-state index contributed by atoms with van der Waals surface area (Å²) in [5.41, 5.74) is -0.0969. The summed E-state index contributed by atoms with van der Waals surface area (Å²) in [5.74, 6) is 0.142. The molecule has 2 heterocycles. The summed E-state index contributed by atoms with van der Waals surface area (Å²) < 4.78 is 5.32. The van der Waals surface area contributed by atoms with Crippen molar-refractivity contribution >= 4 is 5.91 Å². The van der Waals surface area contributed by atoms with Gasteiger partial charge < -0.3 is 10.1 Å². The summed E-state index contributed by atoms with van der Waals surface area (Å²) in [6.45, 7) is 11.3. The van der Waals surface area contributed by atoms with Crippen molar-refractivity contribution in [3.63, 3.8) is 0 Å². The van der Waals surface area contributed by atoms with E-state index in [9.17, 15) is 4.79 Å². The van der Waals surface area contributed by atoms with E-state index in [2.05, 4.69) is 29.0 Å². The lowest BCUT2D eigenvalue weighted by Crippen LogP contribution is -2.60. The number of ether oxygens (including phenoxy) is 1. The predicted molar refractivity (Wildman–Crippen MR) is 65.9 cm³/mol. The molecule has 2 aliphatic heterocycles. The van der Waals surface area contributed by atoms with E-state index in [1.54, 1.807) is 0 Å². The Kier molecular flexibility index (Phi) is 4.01. The van der Waals surface area contributed by atoms with Crippen LogP contribution in [0, 0.1) is 0 Å². The number of rotatable bonds is 3. The molecule has 0 aromatic carbocycles. The van der Waals surface area contributed by atoms with Crippen LogP contribution in [0.25, 0.3) is 0 Å². The van der Waals surface area contributed by atoms with Gasteiger partial charge in [0, 0.05) is 38.3 Å². The molecule has 17 heavy (non-hydrogen) atoms. The third-order valence-corrected chi connectivity index (χ3v) is 3.30. The van der Waals surface area contributed by atoms with Gasteiger partial charge in [-0.05, 0) is 13.8 Å². The molecule has 0 radical (unpaired) electrons. The van der Waals surface area contributed by atoms with Crippen LogP contribution in [0.15, 0.2) is 0 Å². The van der Waals surface area contributed by atoms with E-state index in [4.69, 9.17) is 4.74 Å². The van der Waals surface area contributed by atoms with E-state index in [0.717, 1.165) is 45.9 Å². The first kappa shape index (κ1) is 12.8. The molecule has 0 aliphatic carbocycles. The molecule has 0 bridgehead atoms. The largest absolute Gasteiger partial charge is 0.379 e. The van der Waals surface area contributed by atoms with Crippen molar-refractivity contribution in [3.8, 4) is 0 Å². The minimum atomic E-state index is -0.0969. The van der Waals surface area contributed by atoms with Gasteiger partial charge in [-0.15, -0.1) is 0 Å². The number of nitrogens with one attached hydrogen (secondary N) is 1. The van der Waals surface area contributed by atoms with Crippen LogP contribution in [0.3, 0.4) is 0 Å². The molecule has 2 saturated heterocycles. The number of amides is 1. The molecule has 5 nitrogen and oxygen atoms in total. The van der Waals surface area contributed by atoms with Crippen LogP contribution in [-0.4, -0.2) is 73.7 Å². The average molecular weight is 241 g/mol. The molecule has 0 aromatic heterocycles. The van der Waals surface area contributed by atoms with Gasteiger partial charge in [-0.1, -0.05) is 0 Å². The van der Waals surface area contributed by atoms with Crippen LogP contribution < -0.4 is 5.32 Å². The summed E-state index contributed by atoms with van der Waals surface area (Å²) in [6.07, 6.45) is 0. The zero-order valence-corrected chi connectivity index (χ0v) is 10.9. The third kappa shape index (κ3) is 3.94. The zero-order valence-electron chi connectivity index (χ0n) is 10.9.